The van der Waals surface area contributed by atoms with E-state index in [9.17, 15) is 9.59 Å². The van der Waals surface area contributed by atoms with Gasteiger partial charge in [0, 0.05) is 17.8 Å². The number of benzene rings is 1. The summed E-state index contributed by atoms with van der Waals surface area (Å²) in [4.78, 5) is 26.4. The lowest BCUT2D eigenvalue weighted by Crippen LogP contribution is -2.31. The van der Waals surface area contributed by atoms with Gasteiger partial charge in [-0.25, -0.2) is 0 Å². The maximum Gasteiger partial charge on any atom is 0.258 e. The van der Waals surface area contributed by atoms with Gasteiger partial charge >= 0.3 is 0 Å². The second-order valence-electron chi connectivity index (χ2n) is 5.32. The fraction of sp³-hybridized carbons (Fsp3) is 0.294. The molecule has 0 aliphatic rings. The first-order valence-electron chi connectivity index (χ1n) is 7.11. The SMILES string of the molecule is Cc1cccc(OCC(=O)NCc2c(C)cc(C)[nH]c2=O)c1. The first-order chi connectivity index (χ1) is 10.5. The van der Waals surface area contributed by atoms with Crippen LogP contribution in [0.1, 0.15) is 22.4 Å². The largest absolute Gasteiger partial charge is 0.484 e. The number of hydrogen-bond donors (Lipinski definition) is 2. The van der Waals surface area contributed by atoms with Crippen LogP contribution in [0.2, 0.25) is 0 Å². The summed E-state index contributed by atoms with van der Waals surface area (Å²) < 4.78 is 5.42. The van der Waals surface area contributed by atoms with Crippen molar-refractivity contribution in [3.8, 4) is 5.75 Å². The van der Waals surface area contributed by atoms with Crippen LogP contribution in [0.25, 0.3) is 0 Å². The monoisotopic (exact) mass is 300 g/mol. The number of nitrogens with one attached hydrogen (secondary N) is 2. The van der Waals surface area contributed by atoms with Gasteiger partial charge in [-0.2, -0.15) is 0 Å². The Labute approximate surface area is 129 Å². The molecule has 2 aromatic rings. The molecular weight excluding hydrogens is 280 g/mol. The molecule has 0 radical (unpaired) electrons. The van der Waals surface area contributed by atoms with Crippen molar-refractivity contribution in [2.75, 3.05) is 6.61 Å². The molecule has 2 rings (SSSR count). The van der Waals surface area contributed by atoms with Gasteiger partial charge in [-0.15, -0.1) is 0 Å². The highest BCUT2D eigenvalue weighted by Gasteiger charge is 2.08. The maximum absolute atomic E-state index is 11.9. The molecule has 0 saturated heterocycles. The summed E-state index contributed by atoms with van der Waals surface area (Å²) in [5.41, 5.74) is 3.13. The number of rotatable bonds is 5. The van der Waals surface area contributed by atoms with E-state index in [0.717, 1.165) is 16.8 Å². The third-order valence-corrected chi connectivity index (χ3v) is 3.32. The molecule has 0 spiro atoms. The highest BCUT2D eigenvalue weighted by Crippen LogP contribution is 2.11. The Morgan fingerprint density at radius 3 is 2.68 bits per heavy atom. The lowest BCUT2D eigenvalue weighted by Gasteiger charge is -2.09. The number of aromatic amines is 1. The number of carbonyl (C=O) groups is 1. The number of aromatic nitrogens is 1. The fourth-order valence-corrected chi connectivity index (χ4v) is 2.19. The van der Waals surface area contributed by atoms with E-state index in [0.29, 0.717) is 11.3 Å². The summed E-state index contributed by atoms with van der Waals surface area (Å²) in [6.45, 7) is 5.75. The molecule has 0 unspecified atom stereocenters. The maximum atomic E-state index is 11.9. The number of pyridine rings is 1. The minimum absolute atomic E-state index is 0.0771. The molecule has 5 nitrogen and oxygen atoms in total. The van der Waals surface area contributed by atoms with Gasteiger partial charge < -0.3 is 15.0 Å². The molecular formula is C17H20N2O3. The summed E-state index contributed by atoms with van der Waals surface area (Å²) in [6.07, 6.45) is 0. The average Bonchev–Trinajstić information content (AvgIpc) is 2.44. The van der Waals surface area contributed by atoms with Gasteiger partial charge in [0.25, 0.3) is 11.5 Å². The van der Waals surface area contributed by atoms with E-state index in [1.54, 1.807) is 6.07 Å². The van der Waals surface area contributed by atoms with Gasteiger partial charge in [0.2, 0.25) is 0 Å². The predicted molar refractivity (Wildman–Crippen MR) is 85.1 cm³/mol. The molecule has 1 heterocycles. The van der Waals surface area contributed by atoms with Crippen LogP contribution in [-0.2, 0) is 11.3 Å². The Kier molecular flexibility index (Phi) is 4.99. The van der Waals surface area contributed by atoms with Crippen LogP contribution in [0.4, 0.5) is 0 Å². The topological polar surface area (TPSA) is 71.2 Å². The van der Waals surface area contributed by atoms with Crippen molar-refractivity contribution in [3.63, 3.8) is 0 Å². The van der Waals surface area contributed by atoms with E-state index in [1.165, 1.54) is 0 Å². The molecule has 1 aromatic carbocycles. The average molecular weight is 300 g/mol. The molecule has 0 aliphatic carbocycles. The Morgan fingerprint density at radius 1 is 1.23 bits per heavy atom. The molecule has 0 saturated carbocycles. The van der Waals surface area contributed by atoms with Crippen molar-refractivity contribution < 1.29 is 9.53 Å². The minimum Gasteiger partial charge on any atom is -0.484 e. The highest BCUT2D eigenvalue weighted by atomic mass is 16.5. The van der Waals surface area contributed by atoms with E-state index < -0.39 is 0 Å². The van der Waals surface area contributed by atoms with E-state index >= 15 is 0 Å². The lowest BCUT2D eigenvalue weighted by molar-refractivity contribution is -0.123. The summed E-state index contributed by atoms with van der Waals surface area (Å²) in [7, 11) is 0. The molecule has 0 aliphatic heterocycles. The summed E-state index contributed by atoms with van der Waals surface area (Å²) in [6, 6.07) is 9.38. The van der Waals surface area contributed by atoms with Crippen LogP contribution in [0.15, 0.2) is 35.1 Å². The van der Waals surface area contributed by atoms with Gasteiger partial charge in [-0.3, -0.25) is 9.59 Å². The van der Waals surface area contributed by atoms with E-state index in [4.69, 9.17) is 4.74 Å². The molecule has 0 fully saturated rings. The second kappa shape index (κ2) is 6.93. The van der Waals surface area contributed by atoms with E-state index in [2.05, 4.69) is 10.3 Å². The zero-order chi connectivity index (χ0) is 16.1. The number of H-pyrrole nitrogens is 1. The number of aryl methyl sites for hydroxylation is 3. The van der Waals surface area contributed by atoms with Crippen LogP contribution in [0.5, 0.6) is 5.75 Å². The quantitative estimate of drug-likeness (QED) is 0.887. The second-order valence-corrected chi connectivity index (χ2v) is 5.32. The van der Waals surface area contributed by atoms with Crippen molar-refractivity contribution in [2.45, 2.75) is 27.3 Å². The molecule has 116 valence electrons. The van der Waals surface area contributed by atoms with Crippen molar-refractivity contribution in [1.29, 1.82) is 0 Å². The molecule has 5 heteroatoms. The Hall–Kier alpha value is -2.56. The summed E-state index contributed by atoms with van der Waals surface area (Å²) in [5.74, 6) is 0.389. The Morgan fingerprint density at radius 2 is 2.00 bits per heavy atom. The lowest BCUT2D eigenvalue weighted by atomic mass is 10.1. The zero-order valence-corrected chi connectivity index (χ0v) is 13.0. The number of carbonyl (C=O) groups excluding carboxylic acids is 1. The highest BCUT2D eigenvalue weighted by molar-refractivity contribution is 5.77. The van der Waals surface area contributed by atoms with Gasteiger partial charge in [0.1, 0.15) is 5.75 Å². The number of amides is 1. The van der Waals surface area contributed by atoms with Crippen molar-refractivity contribution in [3.05, 3.63) is 63.1 Å². The predicted octanol–water partition coefficient (Wildman–Crippen LogP) is 2.00. The summed E-state index contributed by atoms with van der Waals surface area (Å²) >= 11 is 0. The van der Waals surface area contributed by atoms with Crippen LogP contribution in [0.3, 0.4) is 0 Å². The number of hydrogen-bond acceptors (Lipinski definition) is 3. The Balaban J connectivity index is 1.90. The first-order valence-corrected chi connectivity index (χ1v) is 7.11. The fourth-order valence-electron chi connectivity index (χ4n) is 2.19. The van der Waals surface area contributed by atoms with Crippen LogP contribution in [-0.4, -0.2) is 17.5 Å². The van der Waals surface area contributed by atoms with Gasteiger partial charge in [-0.05, 0) is 50.1 Å². The van der Waals surface area contributed by atoms with Crippen LogP contribution in [0, 0.1) is 20.8 Å². The van der Waals surface area contributed by atoms with Gasteiger partial charge in [-0.1, -0.05) is 12.1 Å². The van der Waals surface area contributed by atoms with Crippen molar-refractivity contribution in [1.82, 2.24) is 10.3 Å². The molecule has 22 heavy (non-hydrogen) atoms. The number of ether oxygens (including phenoxy) is 1. The molecule has 0 atom stereocenters. The van der Waals surface area contributed by atoms with Gasteiger partial charge in [0.05, 0.1) is 0 Å². The summed E-state index contributed by atoms with van der Waals surface area (Å²) in [5, 5.41) is 2.70. The van der Waals surface area contributed by atoms with Crippen molar-refractivity contribution >= 4 is 5.91 Å². The Bertz CT molecular complexity index is 735. The minimum atomic E-state index is -0.263. The van der Waals surface area contributed by atoms with Crippen LogP contribution < -0.4 is 15.6 Å². The standard InChI is InChI=1S/C17H20N2O3/c1-11-5-4-6-14(7-11)22-10-16(20)18-9-15-12(2)8-13(3)19-17(15)21/h4-8H,9-10H2,1-3H3,(H,18,20)(H,19,21). The molecule has 1 aromatic heterocycles. The first kappa shape index (κ1) is 15.8. The van der Waals surface area contributed by atoms with Crippen molar-refractivity contribution in [2.24, 2.45) is 0 Å². The zero-order valence-electron chi connectivity index (χ0n) is 13.0. The third kappa shape index (κ3) is 4.22. The smallest absolute Gasteiger partial charge is 0.258 e. The van der Waals surface area contributed by atoms with Gasteiger partial charge in [0.15, 0.2) is 6.61 Å². The van der Waals surface area contributed by atoms with Crippen LogP contribution >= 0.6 is 0 Å². The van der Waals surface area contributed by atoms with E-state index in [1.807, 2.05) is 45.0 Å². The van der Waals surface area contributed by atoms with E-state index in [-0.39, 0.29) is 24.6 Å². The third-order valence-electron chi connectivity index (χ3n) is 3.32. The molecule has 2 N–H and O–H groups in total. The molecule has 0 bridgehead atoms. The normalized spacial score (nSPS) is 10.3. The molecule has 1 amide bonds.